The van der Waals surface area contributed by atoms with Crippen LogP contribution in [-0.4, -0.2) is 17.4 Å². The van der Waals surface area contributed by atoms with E-state index in [0.717, 1.165) is 17.9 Å². The van der Waals surface area contributed by atoms with E-state index in [-0.39, 0.29) is 11.6 Å². The summed E-state index contributed by atoms with van der Waals surface area (Å²) in [6.07, 6.45) is 1.30. The summed E-state index contributed by atoms with van der Waals surface area (Å²) in [5.41, 5.74) is 6.31. The number of rotatable bonds is 6. The van der Waals surface area contributed by atoms with E-state index >= 15 is 0 Å². The molecule has 0 aliphatic heterocycles. The number of thioether (sulfide) groups is 1. The molecule has 0 saturated carbocycles. The molecule has 1 amide bonds. The molecule has 0 bridgehead atoms. The molecule has 3 N–H and O–H groups in total. The number of nitrogens with one attached hydrogen (secondary N) is 1. The smallest absolute Gasteiger partial charge is 0.224 e. The molecule has 3 nitrogen and oxygen atoms in total. The Morgan fingerprint density at radius 3 is 2.94 bits per heavy atom. The highest BCUT2D eigenvalue weighted by Gasteiger charge is 2.05. The van der Waals surface area contributed by atoms with Gasteiger partial charge in [-0.05, 0) is 36.1 Å². The normalized spacial score (nSPS) is 10.2. The molecule has 0 aliphatic rings. The molecule has 0 saturated heterocycles. The van der Waals surface area contributed by atoms with Gasteiger partial charge in [-0.15, -0.1) is 0 Å². The topological polar surface area (TPSA) is 55.1 Å². The Balaban J connectivity index is 2.40. The van der Waals surface area contributed by atoms with E-state index in [4.69, 9.17) is 5.73 Å². The summed E-state index contributed by atoms with van der Waals surface area (Å²) >= 11 is 1.81. The van der Waals surface area contributed by atoms with Crippen molar-refractivity contribution in [2.75, 3.05) is 22.6 Å². The van der Waals surface area contributed by atoms with Crippen LogP contribution >= 0.6 is 11.8 Å². The van der Waals surface area contributed by atoms with E-state index in [9.17, 15) is 9.18 Å². The number of hydrogen-bond acceptors (Lipinski definition) is 3. The van der Waals surface area contributed by atoms with Crippen molar-refractivity contribution >= 4 is 29.0 Å². The van der Waals surface area contributed by atoms with Crippen molar-refractivity contribution in [2.45, 2.75) is 19.8 Å². The van der Waals surface area contributed by atoms with Gasteiger partial charge in [-0.25, -0.2) is 4.39 Å². The van der Waals surface area contributed by atoms with Gasteiger partial charge in [0.25, 0.3) is 0 Å². The summed E-state index contributed by atoms with van der Waals surface area (Å²) in [5.74, 6) is 1.55. The number of carbonyl (C=O) groups is 1. The molecule has 1 aromatic carbocycles. The van der Waals surface area contributed by atoms with Gasteiger partial charge in [-0.2, -0.15) is 11.8 Å². The van der Waals surface area contributed by atoms with Crippen LogP contribution in [-0.2, 0) is 4.79 Å². The molecule has 0 atom stereocenters. The number of carbonyl (C=O) groups excluding carboxylic acids is 1. The van der Waals surface area contributed by atoms with E-state index < -0.39 is 5.82 Å². The summed E-state index contributed by atoms with van der Waals surface area (Å²) in [6.45, 7) is 2.09. The third-order valence-electron chi connectivity index (χ3n) is 2.18. The van der Waals surface area contributed by atoms with Crippen molar-refractivity contribution in [1.82, 2.24) is 0 Å². The van der Waals surface area contributed by atoms with E-state index in [0.29, 0.717) is 12.1 Å². The van der Waals surface area contributed by atoms with Gasteiger partial charge in [-0.1, -0.05) is 6.92 Å². The molecule has 17 heavy (non-hydrogen) atoms. The molecule has 0 heterocycles. The van der Waals surface area contributed by atoms with Crippen LogP contribution < -0.4 is 11.1 Å². The average molecular weight is 256 g/mol. The Labute approximate surface area is 105 Å². The number of benzene rings is 1. The molecule has 0 radical (unpaired) electrons. The molecule has 94 valence electrons. The van der Waals surface area contributed by atoms with Gasteiger partial charge < -0.3 is 11.1 Å². The maximum absolute atomic E-state index is 12.8. The molecule has 5 heteroatoms. The summed E-state index contributed by atoms with van der Waals surface area (Å²) < 4.78 is 12.8. The van der Waals surface area contributed by atoms with Gasteiger partial charge in [0.05, 0.1) is 11.4 Å². The highest BCUT2D eigenvalue weighted by molar-refractivity contribution is 7.99. The summed E-state index contributed by atoms with van der Waals surface area (Å²) in [4.78, 5) is 11.5. The van der Waals surface area contributed by atoms with Gasteiger partial charge >= 0.3 is 0 Å². The number of halogens is 1. The third-order valence-corrected chi connectivity index (χ3v) is 3.17. The van der Waals surface area contributed by atoms with Crippen molar-refractivity contribution in [2.24, 2.45) is 0 Å². The van der Waals surface area contributed by atoms with Crippen molar-refractivity contribution in [3.8, 4) is 0 Å². The maximum Gasteiger partial charge on any atom is 0.224 e. The first-order valence-electron chi connectivity index (χ1n) is 5.56. The minimum Gasteiger partial charge on any atom is -0.397 e. The minimum atomic E-state index is -0.403. The zero-order valence-electron chi connectivity index (χ0n) is 9.83. The first-order chi connectivity index (χ1) is 8.13. The highest BCUT2D eigenvalue weighted by atomic mass is 32.2. The molecule has 0 aliphatic carbocycles. The largest absolute Gasteiger partial charge is 0.397 e. The zero-order chi connectivity index (χ0) is 12.7. The van der Waals surface area contributed by atoms with Crippen LogP contribution in [0.3, 0.4) is 0 Å². The number of nitrogen functional groups attached to an aromatic ring is 1. The minimum absolute atomic E-state index is 0.0833. The van der Waals surface area contributed by atoms with Crippen LogP contribution in [0.15, 0.2) is 18.2 Å². The Kier molecular flexibility index (Phi) is 5.83. The quantitative estimate of drug-likeness (QED) is 0.608. The first kappa shape index (κ1) is 13.8. The maximum atomic E-state index is 12.8. The fourth-order valence-electron chi connectivity index (χ4n) is 1.34. The van der Waals surface area contributed by atoms with Crippen LogP contribution in [0.5, 0.6) is 0 Å². The van der Waals surface area contributed by atoms with E-state index in [1.807, 2.05) is 11.8 Å². The molecule has 0 fully saturated rings. The Hall–Kier alpha value is -1.23. The molecule has 1 rings (SSSR count). The first-order valence-corrected chi connectivity index (χ1v) is 6.71. The van der Waals surface area contributed by atoms with Gasteiger partial charge in [0, 0.05) is 6.42 Å². The lowest BCUT2D eigenvalue weighted by Crippen LogP contribution is -2.13. The van der Waals surface area contributed by atoms with Crippen LogP contribution in [0.25, 0.3) is 0 Å². The van der Waals surface area contributed by atoms with Crippen LogP contribution in [0.1, 0.15) is 19.8 Å². The van der Waals surface area contributed by atoms with Crippen LogP contribution in [0, 0.1) is 5.82 Å². The zero-order valence-corrected chi connectivity index (χ0v) is 10.6. The highest BCUT2D eigenvalue weighted by Crippen LogP contribution is 2.19. The SMILES string of the molecule is CCSCCCC(=O)Nc1ccc(F)cc1N. The lowest BCUT2D eigenvalue weighted by molar-refractivity contribution is -0.116. The van der Waals surface area contributed by atoms with E-state index in [1.165, 1.54) is 18.2 Å². The van der Waals surface area contributed by atoms with E-state index in [2.05, 4.69) is 12.2 Å². The molecule has 1 aromatic rings. The number of nitrogens with two attached hydrogens (primary N) is 1. The third kappa shape index (κ3) is 5.08. The Bertz CT molecular complexity index is 385. The number of anilines is 2. The summed E-state index contributed by atoms with van der Waals surface area (Å²) in [5, 5.41) is 2.67. The van der Waals surface area contributed by atoms with E-state index in [1.54, 1.807) is 0 Å². The fourth-order valence-corrected chi connectivity index (χ4v) is 1.98. The second-order valence-corrected chi connectivity index (χ2v) is 4.97. The summed E-state index contributed by atoms with van der Waals surface area (Å²) in [6, 6.07) is 3.95. The Morgan fingerprint density at radius 2 is 2.29 bits per heavy atom. The molecular formula is C12H17FN2OS. The lowest BCUT2D eigenvalue weighted by Gasteiger charge is -2.07. The van der Waals surface area contributed by atoms with Crippen molar-refractivity contribution in [1.29, 1.82) is 0 Å². The predicted octanol–water partition coefficient (Wildman–Crippen LogP) is 2.88. The van der Waals surface area contributed by atoms with Gasteiger partial charge in [0.2, 0.25) is 5.91 Å². The lowest BCUT2D eigenvalue weighted by atomic mass is 10.2. The Morgan fingerprint density at radius 1 is 1.53 bits per heavy atom. The second-order valence-electron chi connectivity index (χ2n) is 3.58. The monoisotopic (exact) mass is 256 g/mol. The molecule has 0 unspecified atom stereocenters. The van der Waals surface area contributed by atoms with Gasteiger partial charge in [-0.3, -0.25) is 4.79 Å². The number of hydrogen-bond donors (Lipinski definition) is 2. The van der Waals surface area contributed by atoms with Crippen LogP contribution in [0.2, 0.25) is 0 Å². The van der Waals surface area contributed by atoms with Crippen LogP contribution in [0.4, 0.5) is 15.8 Å². The molecular weight excluding hydrogens is 239 g/mol. The fraction of sp³-hybridized carbons (Fsp3) is 0.417. The van der Waals surface area contributed by atoms with Crippen molar-refractivity contribution in [3.63, 3.8) is 0 Å². The summed E-state index contributed by atoms with van der Waals surface area (Å²) in [7, 11) is 0. The molecule has 0 spiro atoms. The standard InChI is InChI=1S/C12H17FN2OS/c1-2-17-7-3-4-12(16)15-11-6-5-9(13)8-10(11)14/h5-6,8H,2-4,7,14H2,1H3,(H,15,16). The average Bonchev–Trinajstić information content (AvgIpc) is 2.28. The van der Waals surface area contributed by atoms with Crippen molar-refractivity contribution in [3.05, 3.63) is 24.0 Å². The number of amides is 1. The van der Waals surface area contributed by atoms with Gasteiger partial charge in [0.15, 0.2) is 0 Å². The second kappa shape index (κ2) is 7.17. The molecule has 0 aromatic heterocycles. The predicted molar refractivity (Wildman–Crippen MR) is 71.7 cm³/mol. The van der Waals surface area contributed by atoms with Gasteiger partial charge in [0.1, 0.15) is 5.82 Å². The van der Waals surface area contributed by atoms with Crippen molar-refractivity contribution < 1.29 is 9.18 Å².